The van der Waals surface area contributed by atoms with Crippen LogP contribution in [0.5, 0.6) is 5.75 Å². The fourth-order valence-electron chi connectivity index (χ4n) is 1.40. The number of carbonyl (C=O) groups excluding carboxylic acids is 1. The molecule has 0 atom stereocenters. The highest BCUT2D eigenvalue weighted by molar-refractivity contribution is 5.76. The van der Waals surface area contributed by atoms with Crippen molar-refractivity contribution in [1.29, 1.82) is 0 Å². The Hall–Kier alpha value is -2.31. The second-order valence-corrected chi connectivity index (χ2v) is 3.59. The number of nitro groups is 1. The molecule has 0 saturated carbocycles. The lowest BCUT2D eigenvalue weighted by Crippen LogP contribution is -2.27. The second kappa shape index (κ2) is 5.85. The molecule has 0 spiro atoms. The molecule has 1 rings (SSSR count). The van der Waals surface area contributed by atoms with Crippen molar-refractivity contribution in [3.8, 4) is 5.75 Å². The third-order valence-electron chi connectivity index (χ3n) is 2.27. The molecular formula is C11H14N2O5. The maximum Gasteiger partial charge on any atom is 0.325 e. The van der Waals surface area contributed by atoms with Crippen LogP contribution in [0.25, 0.3) is 0 Å². The van der Waals surface area contributed by atoms with Gasteiger partial charge in [-0.25, -0.2) is 0 Å². The Bertz CT molecular complexity index is 461. The molecule has 0 fully saturated rings. The molecule has 7 heteroatoms. The topological polar surface area (TPSA) is 92.9 Å². The van der Waals surface area contributed by atoms with Crippen LogP contribution in [0.1, 0.15) is 6.92 Å². The first kappa shape index (κ1) is 13.8. The molecule has 1 N–H and O–H groups in total. The average Bonchev–Trinajstić information content (AvgIpc) is 2.28. The molecule has 0 amide bonds. The Morgan fingerprint density at radius 3 is 2.72 bits per heavy atom. The smallest absolute Gasteiger partial charge is 0.325 e. The number of anilines is 1. The van der Waals surface area contributed by atoms with Crippen LogP contribution in [0.3, 0.4) is 0 Å². The molecule has 1 aromatic rings. The number of carbonyl (C=O) groups is 1. The summed E-state index contributed by atoms with van der Waals surface area (Å²) in [6.07, 6.45) is 0. The van der Waals surface area contributed by atoms with Crippen LogP contribution in [-0.2, 0) is 9.53 Å². The summed E-state index contributed by atoms with van der Waals surface area (Å²) >= 11 is 0. The van der Waals surface area contributed by atoms with E-state index in [4.69, 9.17) is 4.74 Å². The van der Waals surface area contributed by atoms with Crippen molar-refractivity contribution in [3.05, 3.63) is 28.3 Å². The van der Waals surface area contributed by atoms with Crippen LogP contribution in [0, 0.1) is 10.1 Å². The van der Waals surface area contributed by atoms with Gasteiger partial charge in [-0.05, 0) is 13.0 Å². The van der Waals surface area contributed by atoms with Crippen LogP contribution in [0.2, 0.25) is 0 Å². The van der Waals surface area contributed by atoms with Crippen molar-refractivity contribution >= 4 is 17.3 Å². The first-order valence-electron chi connectivity index (χ1n) is 5.30. The van der Waals surface area contributed by atoms with E-state index in [1.165, 1.54) is 23.1 Å². The molecule has 0 heterocycles. The van der Waals surface area contributed by atoms with Gasteiger partial charge in [-0.3, -0.25) is 14.9 Å². The Balaban J connectivity index is 2.81. The highest BCUT2D eigenvalue weighted by Crippen LogP contribution is 2.29. The van der Waals surface area contributed by atoms with Crippen LogP contribution in [0.15, 0.2) is 18.2 Å². The molecule has 0 saturated heterocycles. The molecule has 0 radical (unpaired) electrons. The van der Waals surface area contributed by atoms with Gasteiger partial charge in [0.1, 0.15) is 6.54 Å². The fourth-order valence-corrected chi connectivity index (χ4v) is 1.40. The molecule has 0 bridgehead atoms. The first-order chi connectivity index (χ1) is 8.45. The normalized spacial score (nSPS) is 9.89. The Morgan fingerprint density at radius 2 is 2.22 bits per heavy atom. The van der Waals surface area contributed by atoms with Crippen LogP contribution in [-0.4, -0.2) is 36.2 Å². The summed E-state index contributed by atoms with van der Waals surface area (Å²) in [6.45, 7) is 2.00. The lowest BCUT2D eigenvalue weighted by molar-refractivity contribution is -0.385. The van der Waals surface area contributed by atoms with E-state index in [0.29, 0.717) is 5.69 Å². The molecule has 0 aliphatic carbocycles. The van der Waals surface area contributed by atoms with Gasteiger partial charge >= 0.3 is 11.7 Å². The number of ether oxygens (including phenoxy) is 1. The molecule has 0 aliphatic heterocycles. The molecule has 98 valence electrons. The van der Waals surface area contributed by atoms with Gasteiger partial charge in [0, 0.05) is 24.9 Å². The summed E-state index contributed by atoms with van der Waals surface area (Å²) in [7, 11) is 1.62. The predicted molar refractivity (Wildman–Crippen MR) is 64.7 cm³/mol. The van der Waals surface area contributed by atoms with Crippen LogP contribution < -0.4 is 4.90 Å². The van der Waals surface area contributed by atoms with Crippen molar-refractivity contribution in [2.45, 2.75) is 6.92 Å². The largest absolute Gasteiger partial charge is 0.502 e. The number of phenolic OH excluding ortho intramolecular Hbond substituents is 1. The number of phenols is 1. The van der Waals surface area contributed by atoms with Crippen molar-refractivity contribution in [1.82, 2.24) is 0 Å². The minimum absolute atomic E-state index is 0.00505. The van der Waals surface area contributed by atoms with Gasteiger partial charge in [-0.2, -0.15) is 0 Å². The third-order valence-corrected chi connectivity index (χ3v) is 2.27. The van der Waals surface area contributed by atoms with E-state index in [-0.39, 0.29) is 18.8 Å². The Kier molecular flexibility index (Phi) is 4.47. The van der Waals surface area contributed by atoms with E-state index in [9.17, 15) is 20.0 Å². The summed E-state index contributed by atoms with van der Waals surface area (Å²) in [4.78, 5) is 22.6. The van der Waals surface area contributed by atoms with Crippen molar-refractivity contribution in [3.63, 3.8) is 0 Å². The summed E-state index contributed by atoms with van der Waals surface area (Å²) in [5.41, 5.74) is 0.120. The fraction of sp³-hybridized carbons (Fsp3) is 0.364. The number of nitrogens with zero attached hydrogens (tertiary/aromatic N) is 2. The highest BCUT2D eigenvalue weighted by atomic mass is 16.6. The quantitative estimate of drug-likeness (QED) is 0.483. The lowest BCUT2D eigenvalue weighted by Gasteiger charge is -2.18. The predicted octanol–water partition coefficient (Wildman–Crippen LogP) is 1.30. The summed E-state index contributed by atoms with van der Waals surface area (Å²) in [5, 5.41) is 20.0. The first-order valence-corrected chi connectivity index (χ1v) is 5.30. The van der Waals surface area contributed by atoms with Gasteiger partial charge in [-0.15, -0.1) is 0 Å². The SMILES string of the molecule is CCOC(=O)CN(C)c1ccc([N+](=O)[O-])c(O)c1. The number of nitro benzene ring substituents is 1. The van der Waals surface area contributed by atoms with Gasteiger partial charge in [-0.1, -0.05) is 0 Å². The number of hydrogen-bond donors (Lipinski definition) is 1. The Morgan fingerprint density at radius 1 is 1.56 bits per heavy atom. The maximum absolute atomic E-state index is 11.3. The van der Waals surface area contributed by atoms with Gasteiger partial charge in [0.05, 0.1) is 11.5 Å². The minimum atomic E-state index is -0.676. The number of likely N-dealkylation sites (N-methyl/N-ethyl adjacent to an activating group) is 1. The van der Waals surface area contributed by atoms with E-state index in [2.05, 4.69) is 0 Å². The van der Waals surface area contributed by atoms with Crippen molar-refractivity contribution in [2.75, 3.05) is 25.1 Å². The van der Waals surface area contributed by atoms with Gasteiger partial charge < -0.3 is 14.7 Å². The number of aromatic hydroxyl groups is 1. The molecular weight excluding hydrogens is 240 g/mol. The van der Waals surface area contributed by atoms with E-state index in [1.54, 1.807) is 14.0 Å². The average molecular weight is 254 g/mol. The molecule has 0 aliphatic rings. The molecule has 1 aromatic carbocycles. The molecule has 18 heavy (non-hydrogen) atoms. The third kappa shape index (κ3) is 3.34. The molecule has 0 aromatic heterocycles. The standard InChI is InChI=1S/C11H14N2O5/c1-3-18-11(15)7-12(2)8-4-5-9(13(16)17)10(14)6-8/h4-6,14H,3,7H2,1-2H3. The van der Waals surface area contributed by atoms with E-state index >= 15 is 0 Å². The maximum atomic E-state index is 11.3. The van der Waals surface area contributed by atoms with Crippen LogP contribution in [0.4, 0.5) is 11.4 Å². The minimum Gasteiger partial charge on any atom is -0.502 e. The van der Waals surface area contributed by atoms with E-state index < -0.39 is 16.6 Å². The van der Waals surface area contributed by atoms with Crippen LogP contribution >= 0.6 is 0 Å². The zero-order valence-electron chi connectivity index (χ0n) is 10.1. The second-order valence-electron chi connectivity index (χ2n) is 3.59. The van der Waals surface area contributed by atoms with Crippen molar-refractivity contribution in [2.24, 2.45) is 0 Å². The number of rotatable bonds is 5. The van der Waals surface area contributed by atoms with E-state index in [1.807, 2.05) is 0 Å². The molecule has 7 nitrogen and oxygen atoms in total. The zero-order valence-corrected chi connectivity index (χ0v) is 10.1. The van der Waals surface area contributed by atoms with Gasteiger partial charge in [0.2, 0.25) is 0 Å². The number of benzene rings is 1. The van der Waals surface area contributed by atoms with E-state index in [0.717, 1.165) is 0 Å². The summed E-state index contributed by atoms with van der Waals surface area (Å²) < 4.78 is 4.77. The summed E-state index contributed by atoms with van der Waals surface area (Å²) in [5.74, 6) is -0.842. The van der Waals surface area contributed by atoms with Gasteiger partial charge in [0.25, 0.3) is 0 Å². The lowest BCUT2D eigenvalue weighted by atomic mass is 10.2. The number of hydrogen-bond acceptors (Lipinski definition) is 6. The zero-order chi connectivity index (χ0) is 13.7. The highest BCUT2D eigenvalue weighted by Gasteiger charge is 2.15. The summed E-state index contributed by atoms with van der Waals surface area (Å²) in [6, 6.07) is 3.88. The Labute approximate surface area is 104 Å². The monoisotopic (exact) mass is 254 g/mol. The van der Waals surface area contributed by atoms with Crippen molar-refractivity contribution < 1.29 is 19.6 Å². The molecule has 0 unspecified atom stereocenters. The number of esters is 1. The van der Waals surface area contributed by atoms with Gasteiger partial charge in [0.15, 0.2) is 5.75 Å².